The number of nitro benzene ring substituents is 1. The molecule has 10 heteroatoms. The first-order valence-electron chi connectivity index (χ1n) is 6.81. The molecule has 0 aliphatic rings. The standard InChI is InChI=1S/C15H13ClN4O5/c1-25-13-7-9(20(23)24)3-5-12(13)19-15(22)14(21)18-11-4-2-8(17)6-10(11)16/h2-7H,17H2,1H3,(H,18,21)(H,19,22). The van der Waals surface area contributed by atoms with Crippen LogP contribution in [0, 0.1) is 10.1 Å². The summed E-state index contributed by atoms with van der Waals surface area (Å²) in [7, 11) is 1.28. The number of hydrogen-bond acceptors (Lipinski definition) is 6. The molecule has 0 aliphatic heterocycles. The molecule has 0 saturated heterocycles. The van der Waals surface area contributed by atoms with Crippen molar-refractivity contribution in [2.24, 2.45) is 0 Å². The van der Waals surface area contributed by atoms with Crippen LogP contribution in [0.25, 0.3) is 0 Å². The molecule has 0 bridgehead atoms. The average molecular weight is 365 g/mol. The van der Waals surface area contributed by atoms with E-state index in [1.165, 1.54) is 37.4 Å². The van der Waals surface area contributed by atoms with Crippen molar-refractivity contribution in [3.63, 3.8) is 0 Å². The number of benzene rings is 2. The number of nitrogens with two attached hydrogens (primary N) is 1. The van der Waals surface area contributed by atoms with Crippen molar-refractivity contribution in [2.75, 3.05) is 23.5 Å². The minimum Gasteiger partial charge on any atom is -0.494 e. The highest BCUT2D eigenvalue weighted by Gasteiger charge is 2.19. The molecule has 130 valence electrons. The average Bonchev–Trinajstić information content (AvgIpc) is 2.57. The Balaban J connectivity index is 2.13. The molecule has 0 saturated carbocycles. The number of nitrogens with one attached hydrogen (secondary N) is 2. The molecule has 2 amide bonds. The molecule has 0 spiro atoms. The fraction of sp³-hybridized carbons (Fsp3) is 0.0667. The molecule has 2 rings (SSSR count). The summed E-state index contributed by atoms with van der Waals surface area (Å²) in [5.41, 5.74) is 6.06. The summed E-state index contributed by atoms with van der Waals surface area (Å²) in [4.78, 5) is 34.1. The van der Waals surface area contributed by atoms with Crippen molar-refractivity contribution in [2.45, 2.75) is 0 Å². The lowest BCUT2D eigenvalue weighted by atomic mass is 10.2. The summed E-state index contributed by atoms with van der Waals surface area (Å²) in [5.74, 6) is -1.94. The van der Waals surface area contributed by atoms with Crippen molar-refractivity contribution in [1.82, 2.24) is 0 Å². The molecule has 2 aromatic carbocycles. The van der Waals surface area contributed by atoms with Crippen LogP contribution in [0.5, 0.6) is 5.75 Å². The lowest BCUT2D eigenvalue weighted by Crippen LogP contribution is -2.29. The summed E-state index contributed by atoms with van der Waals surface area (Å²) in [6.45, 7) is 0. The fourth-order valence-electron chi connectivity index (χ4n) is 1.89. The van der Waals surface area contributed by atoms with Crippen LogP contribution in [0.1, 0.15) is 0 Å². The third kappa shape index (κ3) is 4.36. The van der Waals surface area contributed by atoms with Gasteiger partial charge >= 0.3 is 11.8 Å². The SMILES string of the molecule is COc1cc([N+](=O)[O-])ccc1NC(=O)C(=O)Nc1ccc(N)cc1Cl. The zero-order valence-corrected chi connectivity index (χ0v) is 13.7. The highest BCUT2D eigenvalue weighted by molar-refractivity contribution is 6.45. The Morgan fingerprint density at radius 1 is 1.12 bits per heavy atom. The Hall–Kier alpha value is -3.33. The van der Waals surface area contributed by atoms with E-state index >= 15 is 0 Å². The number of nitro groups is 1. The summed E-state index contributed by atoms with van der Waals surface area (Å²) in [6.07, 6.45) is 0. The van der Waals surface area contributed by atoms with E-state index in [2.05, 4.69) is 10.6 Å². The van der Waals surface area contributed by atoms with Crippen LogP contribution in [-0.4, -0.2) is 23.8 Å². The number of carbonyl (C=O) groups excluding carboxylic acids is 2. The van der Waals surface area contributed by atoms with Gasteiger partial charge in [-0.05, 0) is 24.3 Å². The molecule has 0 unspecified atom stereocenters. The van der Waals surface area contributed by atoms with Gasteiger partial charge in [0.1, 0.15) is 5.75 Å². The Morgan fingerprint density at radius 3 is 2.28 bits per heavy atom. The maximum absolute atomic E-state index is 12.0. The number of carbonyl (C=O) groups is 2. The number of non-ortho nitro benzene ring substituents is 1. The molecule has 25 heavy (non-hydrogen) atoms. The minimum atomic E-state index is -1.000. The normalized spacial score (nSPS) is 10.0. The predicted molar refractivity (Wildman–Crippen MR) is 92.8 cm³/mol. The zero-order valence-electron chi connectivity index (χ0n) is 12.9. The third-order valence-electron chi connectivity index (χ3n) is 3.09. The lowest BCUT2D eigenvalue weighted by Gasteiger charge is -2.11. The molecular weight excluding hydrogens is 352 g/mol. The number of methoxy groups -OCH3 is 1. The summed E-state index contributed by atoms with van der Waals surface area (Å²) in [6, 6.07) is 7.96. The molecule has 0 aromatic heterocycles. The Bertz CT molecular complexity index is 856. The number of amides is 2. The van der Waals surface area contributed by atoms with Gasteiger partial charge in [0.05, 0.1) is 34.5 Å². The van der Waals surface area contributed by atoms with Crippen molar-refractivity contribution in [1.29, 1.82) is 0 Å². The van der Waals surface area contributed by atoms with Gasteiger partial charge in [-0.3, -0.25) is 19.7 Å². The van der Waals surface area contributed by atoms with Gasteiger partial charge in [-0.1, -0.05) is 11.6 Å². The van der Waals surface area contributed by atoms with Crippen LogP contribution in [0.4, 0.5) is 22.7 Å². The quantitative estimate of drug-likeness (QED) is 0.330. The largest absolute Gasteiger partial charge is 0.494 e. The summed E-state index contributed by atoms with van der Waals surface area (Å²) in [5, 5.41) is 15.6. The number of nitrogen functional groups attached to an aromatic ring is 1. The van der Waals surface area contributed by atoms with Crippen LogP contribution in [-0.2, 0) is 9.59 Å². The van der Waals surface area contributed by atoms with Gasteiger partial charge in [-0.15, -0.1) is 0 Å². The number of halogens is 1. The van der Waals surface area contributed by atoms with Gasteiger partial charge in [0, 0.05) is 11.8 Å². The van der Waals surface area contributed by atoms with E-state index in [9.17, 15) is 19.7 Å². The predicted octanol–water partition coefficient (Wildman–Crippen LogP) is 2.42. The number of rotatable bonds is 4. The second-order valence-corrected chi connectivity index (χ2v) is 5.20. The molecule has 0 atom stereocenters. The first-order chi connectivity index (χ1) is 11.8. The lowest BCUT2D eigenvalue weighted by molar-refractivity contribution is -0.384. The van der Waals surface area contributed by atoms with Gasteiger partial charge in [0.2, 0.25) is 0 Å². The van der Waals surface area contributed by atoms with Crippen LogP contribution in [0.15, 0.2) is 36.4 Å². The molecule has 0 radical (unpaired) electrons. The second-order valence-electron chi connectivity index (χ2n) is 4.79. The Labute approximate surface area is 146 Å². The second kappa shape index (κ2) is 7.49. The van der Waals surface area contributed by atoms with Gasteiger partial charge in [0.25, 0.3) is 5.69 Å². The highest BCUT2D eigenvalue weighted by Crippen LogP contribution is 2.29. The van der Waals surface area contributed by atoms with Crippen molar-refractivity contribution < 1.29 is 19.2 Å². The van der Waals surface area contributed by atoms with E-state index in [1.807, 2.05) is 0 Å². The zero-order chi connectivity index (χ0) is 18.6. The topological polar surface area (TPSA) is 137 Å². The van der Waals surface area contributed by atoms with Crippen LogP contribution in [0.3, 0.4) is 0 Å². The summed E-state index contributed by atoms with van der Waals surface area (Å²) >= 11 is 5.92. The minimum absolute atomic E-state index is 0.0425. The molecule has 0 heterocycles. The van der Waals surface area contributed by atoms with E-state index in [1.54, 1.807) is 0 Å². The Kier molecular flexibility index (Phi) is 5.40. The maximum atomic E-state index is 12.0. The van der Waals surface area contributed by atoms with Crippen LogP contribution < -0.4 is 21.1 Å². The van der Waals surface area contributed by atoms with E-state index < -0.39 is 16.7 Å². The van der Waals surface area contributed by atoms with E-state index in [4.69, 9.17) is 22.1 Å². The first-order valence-corrected chi connectivity index (χ1v) is 7.19. The fourth-order valence-corrected chi connectivity index (χ4v) is 2.12. The van der Waals surface area contributed by atoms with Crippen molar-refractivity contribution in [3.05, 3.63) is 51.5 Å². The maximum Gasteiger partial charge on any atom is 0.314 e. The van der Waals surface area contributed by atoms with Crippen LogP contribution >= 0.6 is 11.6 Å². The first kappa shape index (κ1) is 18.0. The highest BCUT2D eigenvalue weighted by atomic mass is 35.5. The molecule has 0 fully saturated rings. The van der Waals surface area contributed by atoms with Crippen molar-refractivity contribution in [3.8, 4) is 5.75 Å². The van der Waals surface area contributed by atoms with E-state index in [0.717, 1.165) is 6.07 Å². The van der Waals surface area contributed by atoms with Crippen molar-refractivity contribution >= 4 is 46.2 Å². The molecule has 0 aliphatic carbocycles. The molecule has 2 aromatic rings. The van der Waals surface area contributed by atoms with Gasteiger partial charge < -0.3 is 21.1 Å². The number of hydrogen-bond donors (Lipinski definition) is 3. The number of anilines is 3. The monoisotopic (exact) mass is 364 g/mol. The van der Waals surface area contributed by atoms with Gasteiger partial charge in [-0.2, -0.15) is 0 Å². The van der Waals surface area contributed by atoms with E-state index in [-0.39, 0.29) is 27.8 Å². The Morgan fingerprint density at radius 2 is 1.72 bits per heavy atom. The smallest absolute Gasteiger partial charge is 0.314 e. The van der Waals surface area contributed by atoms with E-state index in [0.29, 0.717) is 5.69 Å². The van der Waals surface area contributed by atoms with Crippen LogP contribution in [0.2, 0.25) is 5.02 Å². The summed E-state index contributed by atoms with van der Waals surface area (Å²) < 4.78 is 4.98. The number of nitrogens with zero attached hydrogens (tertiary/aromatic N) is 1. The molecule has 9 nitrogen and oxygen atoms in total. The van der Waals surface area contributed by atoms with Gasteiger partial charge in [-0.25, -0.2) is 0 Å². The number of ether oxygens (including phenoxy) is 1. The third-order valence-corrected chi connectivity index (χ3v) is 3.40. The molecular formula is C15H13ClN4O5. The molecule has 4 N–H and O–H groups in total. The van der Waals surface area contributed by atoms with Gasteiger partial charge in [0.15, 0.2) is 0 Å².